The molecule has 1 aromatic heterocycles. The molecule has 0 saturated carbocycles. The second kappa shape index (κ2) is 7.11. The van der Waals surface area contributed by atoms with Gasteiger partial charge in [-0.1, -0.05) is 47.1 Å². The summed E-state index contributed by atoms with van der Waals surface area (Å²) in [5.41, 5.74) is 3.72. The van der Waals surface area contributed by atoms with Crippen LogP contribution in [0.5, 0.6) is 0 Å². The Balaban J connectivity index is 2.22. The Morgan fingerprint density at radius 3 is 2.73 bits per heavy atom. The zero-order valence-corrected chi connectivity index (χ0v) is 14.6. The van der Waals surface area contributed by atoms with Gasteiger partial charge in [-0.15, -0.1) is 0 Å². The number of halogens is 1. The molecule has 2 rings (SSSR count). The fraction of sp³-hybridized carbons (Fsp3) is 0.312. The molecule has 0 spiro atoms. The lowest BCUT2D eigenvalue weighted by molar-refractivity contribution is 0.0778. The molecule has 0 aliphatic carbocycles. The highest BCUT2D eigenvalue weighted by molar-refractivity contribution is 7.98. The number of rotatable bonds is 4. The van der Waals surface area contributed by atoms with Gasteiger partial charge in [-0.2, -0.15) is 0 Å². The molecule has 0 aliphatic rings. The molecule has 0 aliphatic heterocycles. The number of amides is 1. The number of hydrogen-bond donors (Lipinski definition) is 0. The summed E-state index contributed by atoms with van der Waals surface area (Å²) in [7, 11) is 1.75. The fourth-order valence-electron chi connectivity index (χ4n) is 2.13. The number of carbonyl (C=O) groups is 1. The Labute approximate surface area is 139 Å². The van der Waals surface area contributed by atoms with Gasteiger partial charge in [0.05, 0.1) is 11.2 Å². The SMILES string of the molecule is CSc1ncc(Cl)c(C(=O)N(C)Cc2ccc(C)cc2C)n1. The van der Waals surface area contributed by atoms with Crippen LogP contribution in [-0.4, -0.2) is 34.1 Å². The van der Waals surface area contributed by atoms with E-state index in [1.54, 1.807) is 11.9 Å². The molecular weight excluding hydrogens is 318 g/mol. The molecule has 2 aromatic rings. The molecule has 1 aromatic carbocycles. The third kappa shape index (κ3) is 3.78. The van der Waals surface area contributed by atoms with Gasteiger partial charge in [0.1, 0.15) is 0 Å². The summed E-state index contributed by atoms with van der Waals surface area (Å²) in [5.74, 6) is -0.206. The summed E-state index contributed by atoms with van der Waals surface area (Å²) in [6.07, 6.45) is 3.33. The van der Waals surface area contributed by atoms with E-state index in [9.17, 15) is 4.79 Å². The topological polar surface area (TPSA) is 46.1 Å². The van der Waals surface area contributed by atoms with Crippen molar-refractivity contribution in [3.63, 3.8) is 0 Å². The van der Waals surface area contributed by atoms with E-state index < -0.39 is 0 Å². The summed E-state index contributed by atoms with van der Waals surface area (Å²) >= 11 is 7.44. The summed E-state index contributed by atoms with van der Waals surface area (Å²) in [6, 6.07) is 6.20. The Morgan fingerprint density at radius 1 is 1.36 bits per heavy atom. The second-order valence-electron chi connectivity index (χ2n) is 5.14. The monoisotopic (exact) mass is 335 g/mol. The lowest BCUT2D eigenvalue weighted by atomic mass is 10.1. The first-order valence-electron chi connectivity index (χ1n) is 6.80. The van der Waals surface area contributed by atoms with E-state index in [-0.39, 0.29) is 16.6 Å². The largest absolute Gasteiger partial charge is 0.336 e. The van der Waals surface area contributed by atoms with Crippen molar-refractivity contribution in [2.24, 2.45) is 0 Å². The quantitative estimate of drug-likeness (QED) is 0.630. The van der Waals surface area contributed by atoms with E-state index in [0.29, 0.717) is 11.7 Å². The Hall–Kier alpha value is -1.59. The maximum atomic E-state index is 12.6. The third-order valence-corrected chi connectivity index (χ3v) is 4.20. The van der Waals surface area contributed by atoms with Gasteiger partial charge >= 0.3 is 0 Å². The minimum atomic E-state index is -0.206. The molecule has 0 bridgehead atoms. The second-order valence-corrected chi connectivity index (χ2v) is 6.32. The summed E-state index contributed by atoms with van der Waals surface area (Å²) in [4.78, 5) is 22.5. The molecular formula is C16H18ClN3OS. The van der Waals surface area contributed by atoms with Gasteiger partial charge in [-0.25, -0.2) is 9.97 Å². The maximum Gasteiger partial charge on any atom is 0.274 e. The van der Waals surface area contributed by atoms with Gasteiger partial charge < -0.3 is 4.90 Å². The van der Waals surface area contributed by atoms with Gasteiger partial charge in [0.2, 0.25) is 0 Å². The van der Waals surface area contributed by atoms with Crippen LogP contribution in [0.2, 0.25) is 5.02 Å². The van der Waals surface area contributed by atoms with E-state index >= 15 is 0 Å². The molecule has 0 atom stereocenters. The molecule has 116 valence electrons. The van der Waals surface area contributed by atoms with Crippen molar-refractivity contribution in [1.29, 1.82) is 0 Å². The highest BCUT2D eigenvalue weighted by atomic mass is 35.5. The van der Waals surface area contributed by atoms with Crippen LogP contribution < -0.4 is 0 Å². The van der Waals surface area contributed by atoms with Gasteiger partial charge in [-0.05, 0) is 31.2 Å². The van der Waals surface area contributed by atoms with Gasteiger partial charge in [0.25, 0.3) is 5.91 Å². The van der Waals surface area contributed by atoms with Crippen LogP contribution in [0.3, 0.4) is 0 Å². The number of thioether (sulfide) groups is 1. The molecule has 0 N–H and O–H groups in total. The first kappa shape index (κ1) is 16.8. The van der Waals surface area contributed by atoms with Crippen LogP contribution in [-0.2, 0) is 6.54 Å². The minimum absolute atomic E-state index is 0.206. The van der Waals surface area contributed by atoms with E-state index in [0.717, 1.165) is 5.56 Å². The molecule has 1 amide bonds. The van der Waals surface area contributed by atoms with Crippen LogP contribution in [0, 0.1) is 13.8 Å². The van der Waals surface area contributed by atoms with E-state index in [2.05, 4.69) is 23.0 Å². The van der Waals surface area contributed by atoms with Crippen molar-refractivity contribution in [3.05, 3.63) is 51.8 Å². The predicted octanol–water partition coefficient (Wildman–Crippen LogP) is 3.74. The summed E-state index contributed by atoms with van der Waals surface area (Å²) in [6.45, 7) is 4.61. The predicted molar refractivity (Wildman–Crippen MR) is 90.5 cm³/mol. The fourth-order valence-corrected chi connectivity index (χ4v) is 2.64. The lowest BCUT2D eigenvalue weighted by Gasteiger charge is -2.19. The van der Waals surface area contributed by atoms with Crippen LogP contribution >= 0.6 is 23.4 Å². The summed E-state index contributed by atoms with van der Waals surface area (Å²) in [5, 5.41) is 0.808. The number of nitrogens with zero attached hydrogens (tertiary/aromatic N) is 3. The molecule has 0 saturated heterocycles. The molecule has 0 unspecified atom stereocenters. The number of aromatic nitrogens is 2. The summed E-state index contributed by atoms with van der Waals surface area (Å²) < 4.78 is 0. The van der Waals surface area contributed by atoms with Crippen molar-refractivity contribution in [2.75, 3.05) is 13.3 Å². The Morgan fingerprint density at radius 2 is 2.09 bits per heavy atom. The molecule has 0 fully saturated rings. The number of hydrogen-bond acceptors (Lipinski definition) is 4. The van der Waals surface area contributed by atoms with Crippen molar-refractivity contribution < 1.29 is 4.79 Å². The lowest BCUT2D eigenvalue weighted by Crippen LogP contribution is -2.28. The average molecular weight is 336 g/mol. The standard InChI is InChI=1S/C16H18ClN3OS/c1-10-5-6-12(11(2)7-10)9-20(3)15(21)14-13(17)8-18-16(19-14)22-4/h5-8H,9H2,1-4H3. The Kier molecular flexibility index (Phi) is 5.42. The normalized spacial score (nSPS) is 10.6. The highest BCUT2D eigenvalue weighted by Crippen LogP contribution is 2.19. The molecule has 1 heterocycles. The van der Waals surface area contributed by atoms with Crippen molar-refractivity contribution >= 4 is 29.3 Å². The highest BCUT2D eigenvalue weighted by Gasteiger charge is 2.19. The zero-order valence-electron chi connectivity index (χ0n) is 13.1. The molecule has 0 radical (unpaired) electrons. The number of carbonyl (C=O) groups excluding carboxylic acids is 1. The molecule has 22 heavy (non-hydrogen) atoms. The maximum absolute atomic E-state index is 12.6. The number of benzene rings is 1. The van der Waals surface area contributed by atoms with E-state index in [4.69, 9.17) is 11.6 Å². The first-order chi connectivity index (χ1) is 10.4. The van der Waals surface area contributed by atoms with Gasteiger partial charge in [0, 0.05) is 13.6 Å². The van der Waals surface area contributed by atoms with Crippen LogP contribution in [0.15, 0.2) is 29.6 Å². The molecule has 6 heteroatoms. The average Bonchev–Trinajstić information content (AvgIpc) is 2.49. The molecule has 4 nitrogen and oxygen atoms in total. The first-order valence-corrected chi connectivity index (χ1v) is 8.40. The van der Waals surface area contributed by atoms with Crippen molar-refractivity contribution in [2.45, 2.75) is 25.5 Å². The van der Waals surface area contributed by atoms with Crippen LogP contribution in [0.1, 0.15) is 27.2 Å². The van der Waals surface area contributed by atoms with Gasteiger partial charge in [0.15, 0.2) is 10.9 Å². The minimum Gasteiger partial charge on any atom is -0.336 e. The van der Waals surface area contributed by atoms with Crippen LogP contribution in [0.4, 0.5) is 0 Å². The van der Waals surface area contributed by atoms with E-state index in [1.807, 2.05) is 25.3 Å². The zero-order chi connectivity index (χ0) is 16.3. The van der Waals surface area contributed by atoms with Gasteiger partial charge in [-0.3, -0.25) is 4.79 Å². The smallest absolute Gasteiger partial charge is 0.274 e. The third-order valence-electron chi connectivity index (χ3n) is 3.36. The van der Waals surface area contributed by atoms with Crippen molar-refractivity contribution in [3.8, 4) is 0 Å². The van der Waals surface area contributed by atoms with Crippen LogP contribution in [0.25, 0.3) is 0 Å². The van der Waals surface area contributed by atoms with Crippen molar-refractivity contribution in [1.82, 2.24) is 14.9 Å². The van der Waals surface area contributed by atoms with E-state index in [1.165, 1.54) is 29.1 Å². The Bertz CT molecular complexity index is 706. The number of aryl methyl sites for hydroxylation is 2.